The fraction of sp³-hybridized carbons (Fsp3) is 0.588. The number of carbonyl (C=O) groups is 1. The van der Waals surface area contributed by atoms with Crippen LogP contribution in [0.3, 0.4) is 0 Å². The molecule has 4 aliphatic rings. The third-order valence-electron chi connectivity index (χ3n) is 5.97. The molecule has 0 unspecified atom stereocenters. The Hall–Kier alpha value is -1.75. The van der Waals surface area contributed by atoms with Crippen LogP contribution in [0.1, 0.15) is 49.3 Å². The number of fused-ring (bicyclic) bond motifs is 2. The number of ether oxygens (including phenoxy) is 2. The van der Waals surface area contributed by atoms with Gasteiger partial charge in [-0.3, -0.25) is 4.79 Å². The van der Waals surface area contributed by atoms with Crippen molar-refractivity contribution in [1.29, 1.82) is 0 Å². The standard InChI is InChI=1S/C17H19NO4/c19-13-8-18-16(20)5-10-3-1-2-4-17(10,18)12-7-15-14(6-11(12)13)21-9-22-15/h6-7,10,13,19H,1-5,8-9H2/t10-,13-,17-/m0/s1. The van der Waals surface area contributed by atoms with Crippen molar-refractivity contribution in [1.82, 2.24) is 4.90 Å². The van der Waals surface area contributed by atoms with Crippen LogP contribution in [-0.2, 0) is 10.3 Å². The summed E-state index contributed by atoms with van der Waals surface area (Å²) in [5.41, 5.74) is 1.78. The van der Waals surface area contributed by atoms with Gasteiger partial charge in [0.1, 0.15) is 0 Å². The molecule has 5 heteroatoms. The molecule has 1 N–H and O–H groups in total. The summed E-state index contributed by atoms with van der Waals surface area (Å²) in [6, 6.07) is 3.94. The summed E-state index contributed by atoms with van der Waals surface area (Å²) in [5, 5.41) is 10.6. The Morgan fingerprint density at radius 3 is 2.91 bits per heavy atom. The summed E-state index contributed by atoms with van der Waals surface area (Å²) >= 11 is 0. The number of hydrogen-bond acceptors (Lipinski definition) is 4. The summed E-state index contributed by atoms with van der Waals surface area (Å²) in [6.07, 6.45) is 4.37. The van der Waals surface area contributed by atoms with Gasteiger partial charge in [-0.15, -0.1) is 0 Å². The van der Waals surface area contributed by atoms with Crippen molar-refractivity contribution in [3.63, 3.8) is 0 Å². The molecule has 1 aromatic rings. The van der Waals surface area contributed by atoms with E-state index in [1.165, 1.54) is 6.42 Å². The highest BCUT2D eigenvalue weighted by Crippen LogP contribution is 2.58. The van der Waals surface area contributed by atoms with Crippen LogP contribution in [0.2, 0.25) is 0 Å². The molecule has 2 fully saturated rings. The molecule has 116 valence electrons. The van der Waals surface area contributed by atoms with Crippen molar-refractivity contribution < 1.29 is 19.4 Å². The molecule has 1 aromatic carbocycles. The molecule has 3 heterocycles. The van der Waals surface area contributed by atoms with Crippen LogP contribution < -0.4 is 9.47 Å². The van der Waals surface area contributed by atoms with Gasteiger partial charge in [-0.1, -0.05) is 12.8 Å². The minimum absolute atomic E-state index is 0.189. The van der Waals surface area contributed by atoms with Gasteiger partial charge in [0, 0.05) is 6.42 Å². The number of amides is 1. The smallest absolute Gasteiger partial charge is 0.231 e. The molecule has 1 saturated heterocycles. The highest BCUT2D eigenvalue weighted by molar-refractivity contribution is 5.82. The van der Waals surface area contributed by atoms with E-state index in [1.807, 2.05) is 17.0 Å². The molecule has 22 heavy (non-hydrogen) atoms. The first-order valence-corrected chi connectivity index (χ1v) is 8.13. The zero-order valence-corrected chi connectivity index (χ0v) is 12.4. The third-order valence-corrected chi connectivity index (χ3v) is 5.97. The number of aliphatic hydroxyl groups excluding tert-OH is 1. The lowest BCUT2D eigenvalue weighted by atomic mass is 9.66. The van der Waals surface area contributed by atoms with Gasteiger partial charge >= 0.3 is 0 Å². The van der Waals surface area contributed by atoms with Gasteiger partial charge < -0.3 is 19.5 Å². The summed E-state index contributed by atoms with van der Waals surface area (Å²) in [7, 11) is 0. The summed E-state index contributed by atoms with van der Waals surface area (Å²) in [5.74, 6) is 2.00. The predicted octanol–water partition coefficient (Wildman–Crippen LogP) is 2.08. The van der Waals surface area contributed by atoms with Crippen molar-refractivity contribution in [2.75, 3.05) is 13.3 Å². The Labute approximate surface area is 128 Å². The average molecular weight is 301 g/mol. The lowest BCUT2D eigenvalue weighted by molar-refractivity contribution is -0.135. The van der Waals surface area contributed by atoms with E-state index in [-0.39, 0.29) is 18.2 Å². The maximum atomic E-state index is 12.5. The van der Waals surface area contributed by atoms with Gasteiger partial charge in [-0.2, -0.15) is 0 Å². The molecule has 0 radical (unpaired) electrons. The van der Waals surface area contributed by atoms with E-state index in [4.69, 9.17) is 9.47 Å². The van der Waals surface area contributed by atoms with E-state index in [9.17, 15) is 9.90 Å². The molecule has 5 nitrogen and oxygen atoms in total. The van der Waals surface area contributed by atoms with Crippen LogP contribution in [0.25, 0.3) is 0 Å². The first-order valence-electron chi connectivity index (χ1n) is 8.13. The van der Waals surface area contributed by atoms with Crippen LogP contribution >= 0.6 is 0 Å². The zero-order valence-electron chi connectivity index (χ0n) is 12.4. The second kappa shape index (κ2) is 4.16. The van der Waals surface area contributed by atoms with Crippen LogP contribution in [-0.4, -0.2) is 29.3 Å². The lowest BCUT2D eigenvalue weighted by Crippen LogP contribution is -2.53. The van der Waals surface area contributed by atoms with Gasteiger partial charge in [0.2, 0.25) is 12.7 Å². The van der Waals surface area contributed by atoms with Crippen LogP contribution in [0, 0.1) is 5.92 Å². The predicted molar refractivity (Wildman–Crippen MR) is 77.5 cm³/mol. The molecule has 0 bridgehead atoms. The van der Waals surface area contributed by atoms with Gasteiger partial charge in [0.25, 0.3) is 0 Å². The topological polar surface area (TPSA) is 59.0 Å². The summed E-state index contributed by atoms with van der Waals surface area (Å²) in [4.78, 5) is 14.5. The van der Waals surface area contributed by atoms with Crippen molar-refractivity contribution >= 4 is 5.91 Å². The molecule has 1 amide bonds. The fourth-order valence-electron chi connectivity index (χ4n) is 5.04. The molecule has 3 atom stereocenters. The molecule has 1 spiro atoms. The van der Waals surface area contributed by atoms with E-state index < -0.39 is 6.10 Å². The number of hydrogen-bond donors (Lipinski definition) is 1. The Balaban J connectivity index is 1.76. The SMILES string of the molecule is O=C1C[C@@H]2CCCC[C@@]23c2cc4c(cc2[C@@H](O)CN13)OCO4. The minimum atomic E-state index is -0.639. The maximum absolute atomic E-state index is 12.5. The van der Waals surface area contributed by atoms with Gasteiger partial charge in [0.05, 0.1) is 18.2 Å². The fourth-order valence-corrected chi connectivity index (χ4v) is 5.04. The highest BCUT2D eigenvalue weighted by Gasteiger charge is 2.58. The van der Waals surface area contributed by atoms with Crippen molar-refractivity contribution in [3.05, 3.63) is 23.3 Å². The molecule has 1 saturated carbocycles. The van der Waals surface area contributed by atoms with E-state index in [1.54, 1.807) is 0 Å². The van der Waals surface area contributed by atoms with Crippen LogP contribution in [0.5, 0.6) is 11.5 Å². The number of rotatable bonds is 0. The average Bonchev–Trinajstić information content (AvgIpc) is 3.09. The lowest BCUT2D eigenvalue weighted by Gasteiger charge is -2.50. The minimum Gasteiger partial charge on any atom is -0.454 e. The number of carbonyl (C=O) groups excluding carboxylic acids is 1. The molecule has 0 aromatic heterocycles. The van der Waals surface area contributed by atoms with Crippen molar-refractivity contribution in [2.45, 2.75) is 43.7 Å². The number of nitrogens with zero attached hydrogens (tertiary/aromatic N) is 1. The monoisotopic (exact) mass is 301 g/mol. The quantitative estimate of drug-likeness (QED) is 0.797. The molecule has 3 aliphatic heterocycles. The summed E-state index contributed by atoms with van der Waals surface area (Å²) < 4.78 is 11.0. The Bertz CT molecular complexity index is 673. The van der Waals surface area contributed by atoms with Crippen molar-refractivity contribution in [3.8, 4) is 11.5 Å². The third kappa shape index (κ3) is 1.40. The Kier molecular flexibility index (Phi) is 2.41. The highest BCUT2D eigenvalue weighted by atomic mass is 16.7. The van der Waals surface area contributed by atoms with Crippen molar-refractivity contribution in [2.24, 2.45) is 5.92 Å². The Morgan fingerprint density at radius 1 is 1.23 bits per heavy atom. The first kappa shape index (κ1) is 12.8. The van der Waals surface area contributed by atoms with E-state index in [2.05, 4.69) is 0 Å². The van der Waals surface area contributed by atoms with Gasteiger partial charge in [-0.25, -0.2) is 0 Å². The molecular formula is C17H19NO4. The largest absolute Gasteiger partial charge is 0.454 e. The van der Waals surface area contributed by atoms with Crippen LogP contribution in [0.4, 0.5) is 0 Å². The second-order valence-corrected chi connectivity index (χ2v) is 6.88. The first-order chi connectivity index (χ1) is 10.7. The number of aliphatic hydroxyl groups is 1. The maximum Gasteiger partial charge on any atom is 0.231 e. The molecule has 5 rings (SSSR count). The summed E-state index contributed by atoms with van der Waals surface area (Å²) in [6.45, 7) is 0.634. The zero-order chi connectivity index (χ0) is 14.9. The molecular weight excluding hydrogens is 282 g/mol. The van der Waals surface area contributed by atoms with E-state index >= 15 is 0 Å². The van der Waals surface area contributed by atoms with E-state index in [0.29, 0.717) is 24.6 Å². The molecule has 1 aliphatic carbocycles. The normalized spacial score (nSPS) is 35.1. The number of benzene rings is 1. The Morgan fingerprint density at radius 2 is 2.05 bits per heavy atom. The second-order valence-electron chi connectivity index (χ2n) is 6.88. The van der Waals surface area contributed by atoms with Gasteiger partial charge in [-0.05, 0) is 42.0 Å². The van der Waals surface area contributed by atoms with E-state index in [0.717, 1.165) is 36.1 Å². The van der Waals surface area contributed by atoms with Crippen LogP contribution in [0.15, 0.2) is 12.1 Å². The van der Waals surface area contributed by atoms with Gasteiger partial charge in [0.15, 0.2) is 11.5 Å².